The number of aryl methyl sites for hydroxylation is 1. The Hall–Kier alpha value is -1.36. The fourth-order valence-corrected chi connectivity index (χ4v) is 1.77. The van der Waals surface area contributed by atoms with Gasteiger partial charge in [-0.25, -0.2) is 4.98 Å². The summed E-state index contributed by atoms with van der Waals surface area (Å²) in [4.78, 5) is 15.6. The Morgan fingerprint density at radius 3 is 3.27 bits per heavy atom. The molecule has 1 atom stereocenters. The Balaban J connectivity index is 1.81. The maximum atomic E-state index is 11.6. The highest BCUT2D eigenvalue weighted by molar-refractivity contribution is 5.92. The van der Waals surface area contributed by atoms with Gasteiger partial charge in [0.2, 0.25) is 0 Å². The molecule has 82 valence electrons. The molecule has 1 amide bonds. The first-order chi connectivity index (χ1) is 7.25. The highest BCUT2D eigenvalue weighted by Gasteiger charge is 2.15. The summed E-state index contributed by atoms with van der Waals surface area (Å²) in [5, 5.41) is 6.21. The molecule has 15 heavy (non-hydrogen) atoms. The summed E-state index contributed by atoms with van der Waals surface area (Å²) >= 11 is 0. The molecular weight excluding hydrogens is 192 g/mol. The van der Waals surface area contributed by atoms with Crippen molar-refractivity contribution in [1.29, 1.82) is 0 Å². The van der Waals surface area contributed by atoms with Crippen molar-refractivity contribution in [3.8, 4) is 0 Å². The lowest BCUT2D eigenvalue weighted by molar-refractivity contribution is 0.0945. The summed E-state index contributed by atoms with van der Waals surface area (Å²) < 4.78 is 1.77. The van der Waals surface area contributed by atoms with Crippen LogP contribution in [0, 0.1) is 0 Å². The predicted molar refractivity (Wildman–Crippen MR) is 56.6 cm³/mol. The average Bonchev–Trinajstić information content (AvgIpc) is 2.84. The summed E-state index contributed by atoms with van der Waals surface area (Å²) in [7, 11) is 1.85. The van der Waals surface area contributed by atoms with Crippen LogP contribution in [0.3, 0.4) is 0 Å². The van der Waals surface area contributed by atoms with E-state index in [1.54, 1.807) is 17.1 Å². The van der Waals surface area contributed by atoms with Crippen LogP contribution in [0.1, 0.15) is 23.3 Å². The molecule has 0 aliphatic carbocycles. The van der Waals surface area contributed by atoms with Gasteiger partial charge in [-0.15, -0.1) is 0 Å². The Kier molecular flexibility index (Phi) is 3.01. The number of nitrogens with zero attached hydrogens (tertiary/aromatic N) is 2. The number of nitrogens with one attached hydrogen (secondary N) is 2. The molecule has 0 radical (unpaired) electrons. The number of hydrogen-bond donors (Lipinski definition) is 2. The van der Waals surface area contributed by atoms with Crippen molar-refractivity contribution in [2.45, 2.75) is 18.9 Å². The molecule has 1 aromatic heterocycles. The third-order valence-corrected chi connectivity index (χ3v) is 2.61. The van der Waals surface area contributed by atoms with E-state index in [9.17, 15) is 4.79 Å². The van der Waals surface area contributed by atoms with Crippen molar-refractivity contribution >= 4 is 5.91 Å². The largest absolute Gasteiger partial charge is 0.349 e. The van der Waals surface area contributed by atoms with Crippen molar-refractivity contribution in [1.82, 2.24) is 20.2 Å². The van der Waals surface area contributed by atoms with Gasteiger partial charge in [-0.1, -0.05) is 0 Å². The molecule has 2 heterocycles. The van der Waals surface area contributed by atoms with E-state index in [1.807, 2.05) is 7.05 Å². The minimum Gasteiger partial charge on any atom is -0.349 e. The van der Waals surface area contributed by atoms with Gasteiger partial charge < -0.3 is 15.2 Å². The average molecular weight is 208 g/mol. The maximum Gasteiger partial charge on any atom is 0.271 e. The van der Waals surface area contributed by atoms with Gasteiger partial charge in [0.05, 0.1) is 6.33 Å². The minimum absolute atomic E-state index is 0.0932. The normalized spacial score (nSPS) is 20.5. The van der Waals surface area contributed by atoms with Gasteiger partial charge in [0.15, 0.2) is 0 Å². The van der Waals surface area contributed by atoms with Gasteiger partial charge in [0, 0.05) is 25.8 Å². The van der Waals surface area contributed by atoms with E-state index >= 15 is 0 Å². The van der Waals surface area contributed by atoms with E-state index < -0.39 is 0 Å². The van der Waals surface area contributed by atoms with Gasteiger partial charge in [0.1, 0.15) is 5.69 Å². The zero-order chi connectivity index (χ0) is 10.7. The zero-order valence-corrected chi connectivity index (χ0v) is 8.86. The second-order valence-corrected chi connectivity index (χ2v) is 3.93. The molecule has 2 N–H and O–H groups in total. The van der Waals surface area contributed by atoms with Crippen molar-refractivity contribution in [3.05, 3.63) is 18.2 Å². The van der Waals surface area contributed by atoms with E-state index in [-0.39, 0.29) is 5.91 Å². The van der Waals surface area contributed by atoms with Gasteiger partial charge in [0.25, 0.3) is 5.91 Å². The number of imidazole rings is 1. The molecule has 5 nitrogen and oxygen atoms in total. The van der Waals surface area contributed by atoms with E-state index in [0.29, 0.717) is 18.3 Å². The summed E-state index contributed by atoms with van der Waals surface area (Å²) in [6.07, 6.45) is 5.69. The summed E-state index contributed by atoms with van der Waals surface area (Å²) in [6, 6.07) is 0.428. The van der Waals surface area contributed by atoms with Crippen LogP contribution < -0.4 is 10.6 Å². The van der Waals surface area contributed by atoms with Crippen molar-refractivity contribution in [3.63, 3.8) is 0 Å². The molecule has 0 saturated carbocycles. The van der Waals surface area contributed by atoms with Crippen molar-refractivity contribution < 1.29 is 4.79 Å². The lowest BCUT2D eigenvalue weighted by Gasteiger charge is -2.10. The first-order valence-corrected chi connectivity index (χ1v) is 5.25. The second kappa shape index (κ2) is 4.44. The molecule has 1 aliphatic rings. The molecule has 5 heteroatoms. The van der Waals surface area contributed by atoms with Crippen LogP contribution in [0.25, 0.3) is 0 Å². The molecule has 1 aromatic rings. The summed E-state index contributed by atoms with van der Waals surface area (Å²) in [5.74, 6) is -0.0932. The number of carbonyl (C=O) groups excluding carboxylic acids is 1. The SMILES string of the molecule is Cn1cnc(C(=O)NCC2CCCN2)c1. The van der Waals surface area contributed by atoms with Crippen molar-refractivity contribution in [2.24, 2.45) is 7.05 Å². The smallest absolute Gasteiger partial charge is 0.271 e. The van der Waals surface area contributed by atoms with Gasteiger partial charge >= 0.3 is 0 Å². The lowest BCUT2D eigenvalue weighted by Crippen LogP contribution is -2.37. The van der Waals surface area contributed by atoms with E-state index in [0.717, 1.165) is 13.0 Å². The molecule has 0 aromatic carbocycles. The highest BCUT2D eigenvalue weighted by atomic mass is 16.1. The fraction of sp³-hybridized carbons (Fsp3) is 0.600. The van der Waals surface area contributed by atoms with Crippen LogP contribution in [-0.2, 0) is 7.05 Å². The van der Waals surface area contributed by atoms with Crippen LogP contribution in [0.5, 0.6) is 0 Å². The Morgan fingerprint density at radius 1 is 1.80 bits per heavy atom. The lowest BCUT2D eigenvalue weighted by atomic mass is 10.2. The Bertz CT molecular complexity index is 341. The molecule has 1 unspecified atom stereocenters. The van der Waals surface area contributed by atoms with Crippen LogP contribution in [-0.4, -0.2) is 34.6 Å². The Morgan fingerprint density at radius 2 is 2.67 bits per heavy atom. The van der Waals surface area contributed by atoms with Crippen LogP contribution in [0.4, 0.5) is 0 Å². The fourth-order valence-electron chi connectivity index (χ4n) is 1.77. The molecule has 1 saturated heterocycles. The van der Waals surface area contributed by atoms with Crippen molar-refractivity contribution in [2.75, 3.05) is 13.1 Å². The Labute approximate surface area is 88.9 Å². The molecule has 2 rings (SSSR count). The summed E-state index contributed by atoms with van der Waals surface area (Å²) in [5.41, 5.74) is 0.482. The number of amides is 1. The maximum absolute atomic E-state index is 11.6. The second-order valence-electron chi connectivity index (χ2n) is 3.93. The highest BCUT2D eigenvalue weighted by Crippen LogP contribution is 2.03. The van der Waals surface area contributed by atoms with E-state index in [1.165, 1.54) is 6.42 Å². The quantitative estimate of drug-likeness (QED) is 0.729. The first-order valence-electron chi connectivity index (χ1n) is 5.25. The molecule has 1 aliphatic heterocycles. The number of hydrogen-bond acceptors (Lipinski definition) is 3. The number of aromatic nitrogens is 2. The van der Waals surface area contributed by atoms with Gasteiger partial charge in [-0.3, -0.25) is 4.79 Å². The topological polar surface area (TPSA) is 59.0 Å². The van der Waals surface area contributed by atoms with Gasteiger partial charge in [-0.2, -0.15) is 0 Å². The third-order valence-electron chi connectivity index (χ3n) is 2.61. The standard InChI is InChI=1S/C10H16N4O/c1-14-6-9(13-7-14)10(15)12-5-8-3-2-4-11-8/h6-8,11H,2-5H2,1H3,(H,12,15). The molecule has 0 spiro atoms. The van der Waals surface area contributed by atoms with Crippen LogP contribution >= 0.6 is 0 Å². The number of carbonyl (C=O) groups is 1. The van der Waals surface area contributed by atoms with E-state index in [2.05, 4.69) is 15.6 Å². The van der Waals surface area contributed by atoms with Crippen LogP contribution in [0.2, 0.25) is 0 Å². The van der Waals surface area contributed by atoms with Gasteiger partial charge in [-0.05, 0) is 19.4 Å². The van der Waals surface area contributed by atoms with E-state index in [4.69, 9.17) is 0 Å². The first kappa shape index (κ1) is 10.2. The summed E-state index contributed by atoms with van der Waals surface area (Å²) in [6.45, 7) is 1.75. The zero-order valence-electron chi connectivity index (χ0n) is 8.86. The predicted octanol–water partition coefficient (Wildman–Crippen LogP) is -0.0981. The minimum atomic E-state index is -0.0932. The third kappa shape index (κ3) is 2.56. The molecular formula is C10H16N4O. The number of rotatable bonds is 3. The molecule has 0 bridgehead atoms. The molecule has 1 fully saturated rings. The van der Waals surface area contributed by atoms with Crippen LogP contribution in [0.15, 0.2) is 12.5 Å². The monoisotopic (exact) mass is 208 g/mol.